The van der Waals surface area contributed by atoms with Gasteiger partial charge >= 0.3 is 0 Å². The third kappa shape index (κ3) is 5.51. The molecule has 0 spiro atoms. The number of aldehydes is 1. The van der Waals surface area contributed by atoms with Gasteiger partial charge in [0.25, 0.3) is 0 Å². The van der Waals surface area contributed by atoms with Crippen molar-refractivity contribution in [1.29, 1.82) is 0 Å². The van der Waals surface area contributed by atoms with Crippen molar-refractivity contribution in [2.45, 2.75) is 43.9 Å². The SMILES string of the molecule is CC/C(=C/C=O)C(=O)NC1O[C@H](CO)[C@@H](O)[C@H](O)[C@@H]1NC(=O)CN=[N+]=[N-]. The molecule has 1 aliphatic heterocycles. The summed E-state index contributed by atoms with van der Waals surface area (Å²) in [4.78, 5) is 37.0. The molecular formula is C14H21N5O7. The Labute approximate surface area is 148 Å². The minimum Gasteiger partial charge on any atom is -0.394 e. The monoisotopic (exact) mass is 371 g/mol. The first-order valence-electron chi connectivity index (χ1n) is 7.77. The van der Waals surface area contributed by atoms with E-state index < -0.39 is 55.5 Å². The molecule has 144 valence electrons. The molecule has 0 radical (unpaired) electrons. The van der Waals surface area contributed by atoms with Gasteiger partial charge in [-0.25, -0.2) is 0 Å². The molecule has 1 rings (SSSR count). The second-order valence-electron chi connectivity index (χ2n) is 5.40. The van der Waals surface area contributed by atoms with Crippen LogP contribution in [0.15, 0.2) is 16.8 Å². The molecular weight excluding hydrogens is 350 g/mol. The molecule has 1 saturated heterocycles. The first-order chi connectivity index (χ1) is 12.4. The van der Waals surface area contributed by atoms with Crippen molar-refractivity contribution in [3.63, 3.8) is 0 Å². The van der Waals surface area contributed by atoms with Crippen molar-refractivity contribution in [3.8, 4) is 0 Å². The lowest BCUT2D eigenvalue weighted by Crippen LogP contribution is -2.68. The summed E-state index contributed by atoms with van der Waals surface area (Å²) >= 11 is 0. The number of carbonyl (C=O) groups is 3. The van der Waals surface area contributed by atoms with Gasteiger partial charge in [0, 0.05) is 10.5 Å². The Morgan fingerprint density at radius 2 is 2.00 bits per heavy atom. The highest BCUT2D eigenvalue weighted by molar-refractivity contribution is 5.96. The minimum absolute atomic E-state index is 0.129. The van der Waals surface area contributed by atoms with E-state index in [4.69, 9.17) is 10.3 Å². The molecule has 12 nitrogen and oxygen atoms in total. The molecule has 0 bridgehead atoms. The third-order valence-corrected chi connectivity index (χ3v) is 3.75. The zero-order valence-electron chi connectivity index (χ0n) is 14.0. The Kier molecular flexibility index (Phi) is 8.68. The van der Waals surface area contributed by atoms with Crippen LogP contribution in [0, 0.1) is 0 Å². The van der Waals surface area contributed by atoms with Crippen LogP contribution in [-0.2, 0) is 19.1 Å². The number of amides is 2. The summed E-state index contributed by atoms with van der Waals surface area (Å²) in [6, 6.07) is -1.28. The van der Waals surface area contributed by atoms with Gasteiger partial charge < -0.3 is 30.7 Å². The number of ether oxygens (including phenoxy) is 1. The lowest BCUT2D eigenvalue weighted by molar-refractivity contribution is -0.202. The van der Waals surface area contributed by atoms with Gasteiger partial charge in [0.05, 0.1) is 6.61 Å². The molecule has 1 fully saturated rings. The van der Waals surface area contributed by atoms with E-state index >= 15 is 0 Å². The number of hydrogen-bond donors (Lipinski definition) is 5. The Hall–Kier alpha value is -2.50. The van der Waals surface area contributed by atoms with Crippen molar-refractivity contribution in [3.05, 3.63) is 22.1 Å². The average Bonchev–Trinajstić information content (AvgIpc) is 2.63. The molecule has 5 N–H and O–H groups in total. The van der Waals surface area contributed by atoms with Crippen molar-refractivity contribution in [1.82, 2.24) is 10.6 Å². The number of azide groups is 1. The van der Waals surface area contributed by atoms with Crippen LogP contribution in [0.3, 0.4) is 0 Å². The van der Waals surface area contributed by atoms with Gasteiger partial charge in [-0.1, -0.05) is 12.0 Å². The standard InChI is InChI=1S/C14H21N5O7/c1-2-7(3-4-20)13(25)18-14-10(17-9(22)5-16-19-15)12(24)11(23)8(6-21)26-14/h3-4,8,10-12,14,21,23-24H,2,5-6H2,1H3,(H,17,22)(H,18,25)/b7-3-/t8-,10+,11-,12-,14?/m1/s1. The highest BCUT2D eigenvalue weighted by atomic mass is 16.5. The number of nitrogens with zero attached hydrogens (tertiary/aromatic N) is 3. The Bertz CT molecular complexity index is 604. The number of nitrogens with one attached hydrogen (secondary N) is 2. The predicted molar refractivity (Wildman–Crippen MR) is 86.3 cm³/mol. The molecule has 0 saturated carbocycles. The Morgan fingerprint density at radius 1 is 1.31 bits per heavy atom. The largest absolute Gasteiger partial charge is 0.394 e. The number of hydrogen-bond acceptors (Lipinski definition) is 8. The van der Waals surface area contributed by atoms with Gasteiger partial charge in [-0.15, -0.1) is 0 Å². The Morgan fingerprint density at radius 3 is 2.54 bits per heavy atom. The third-order valence-electron chi connectivity index (χ3n) is 3.75. The van der Waals surface area contributed by atoms with E-state index in [0.29, 0.717) is 6.29 Å². The lowest BCUT2D eigenvalue weighted by atomic mass is 9.95. The summed E-state index contributed by atoms with van der Waals surface area (Å²) in [5, 5.41) is 37.2. The van der Waals surface area contributed by atoms with Crippen LogP contribution in [0.1, 0.15) is 13.3 Å². The van der Waals surface area contributed by atoms with Crippen LogP contribution in [0.2, 0.25) is 0 Å². The van der Waals surface area contributed by atoms with Crippen LogP contribution in [-0.4, -0.2) is 77.2 Å². The van der Waals surface area contributed by atoms with Crippen molar-refractivity contribution in [2.75, 3.05) is 13.2 Å². The van der Waals surface area contributed by atoms with E-state index in [9.17, 15) is 29.7 Å². The van der Waals surface area contributed by atoms with Gasteiger partial charge in [0.15, 0.2) is 6.23 Å². The molecule has 1 aliphatic rings. The van der Waals surface area contributed by atoms with E-state index in [2.05, 4.69) is 20.7 Å². The van der Waals surface area contributed by atoms with Crippen molar-refractivity contribution < 1.29 is 34.4 Å². The first-order valence-corrected chi connectivity index (χ1v) is 7.77. The van der Waals surface area contributed by atoms with Crippen LogP contribution >= 0.6 is 0 Å². The summed E-state index contributed by atoms with van der Waals surface area (Å²) < 4.78 is 5.35. The number of aliphatic hydroxyl groups is 3. The lowest BCUT2D eigenvalue weighted by Gasteiger charge is -2.42. The quantitative estimate of drug-likeness (QED) is 0.106. The van der Waals surface area contributed by atoms with Crippen molar-refractivity contribution >= 4 is 18.1 Å². The van der Waals surface area contributed by atoms with Gasteiger partial charge in [-0.2, -0.15) is 0 Å². The smallest absolute Gasteiger partial charge is 0.249 e. The molecule has 0 aromatic carbocycles. The molecule has 0 aliphatic carbocycles. The number of rotatable bonds is 8. The maximum atomic E-state index is 12.2. The van der Waals surface area contributed by atoms with Gasteiger partial charge in [0.2, 0.25) is 11.8 Å². The van der Waals surface area contributed by atoms with Gasteiger partial charge in [-0.3, -0.25) is 14.4 Å². The first kappa shape index (κ1) is 21.5. The summed E-state index contributed by atoms with van der Waals surface area (Å²) in [5.74, 6) is -1.46. The zero-order valence-corrected chi connectivity index (χ0v) is 14.0. The van der Waals surface area contributed by atoms with Crippen LogP contribution in [0.25, 0.3) is 10.4 Å². The summed E-state index contributed by atoms with van der Waals surface area (Å²) in [6.07, 6.45) is -3.90. The maximum absolute atomic E-state index is 12.2. The zero-order chi connectivity index (χ0) is 19.7. The van der Waals surface area contributed by atoms with Crippen LogP contribution in [0.4, 0.5) is 0 Å². The number of aliphatic hydroxyl groups excluding tert-OH is 3. The molecule has 1 heterocycles. The van der Waals surface area contributed by atoms with Gasteiger partial charge in [-0.05, 0) is 18.0 Å². The normalized spacial score (nSPS) is 28.6. The molecule has 1 unspecified atom stereocenters. The van der Waals surface area contributed by atoms with E-state index in [1.54, 1.807) is 6.92 Å². The highest BCUT2D eigenvalue weighted by Crippen LogP contribution is 2.20. The Balaban J connectivity index is 3.01. The summed E-state index contributed by atoms with van der Waals surface area (Å²) in [6.45, 7) is 0.435. The highest BCUT2D eigenvalue weighted by Gasteiger charge is 2.45. The fourth-order valence-corrected chi connectivity index (χ4v) is 2.39. The van der Waals surface area contributed by atoms with Crippen LogP contribution < -0.4 is 10.6 Å². The number of allylic oxidation sites excluding steroid dienone is 1. The average molecular weight is 371 g/mol. The maximum Gasteiger partial charge on any atom is 0.249 e. The van der Waals surface area contributed by atoms with E-state index in [0.717, 1.165) is 6.08 Å². The number of carbonyl (C=O) groups excluding carboxylic acids is 3. The molecule has 0 aromatic heterocycles. The van der Waals surface area contributed by atoms with E-state index in [-0.39, 0.29) is 12.0 Å². The van der Waals surface area contributed by atoms with Crippen LogP contribution in [0.5, 0.6) is 0 Å². The minimum atomic E-state index is -1.58. The molecule has 0 aromatic rings. The molecule has 5 atom stereocenters. The fraction of sp³-hybridized carbons (Fsp3) is 0.643. The second kappa shape index (κ2) is 10.5. The summed E-state index contributed by atoms with van der Waals surface area (Å²) in [5.41, 5.74) is 8.36. The van der Waals surface area contributed by atoms with Gasteiger partial charge in [0.1, 0.15) is 37.2 Å². The van der Waals surface area contributed by atoms with E-state index in [1.165, 1.54) is 0 Å². The fourth-order valence-electron chi connectivity index (χ4n) is 2.39. The topological polar surface area (TPSA) is 194 Å². The summed E-state index contributed by atoms with van der Waals surface area (Å²) in [7, 11) is 0. The molecule has 26 heavy (non-hydrogen) atoms. The molecule has 12 heteroatoms. The second-order valence-corrected chi connectivity index (χ2v) is 5.40. The molecule has 2 amide bonds. The van der Waals surface area contributed by atoms with Crippen molar-refractivity contribution in [2.24, 2.45) is 5.11 Å². The van der Waals surface area contributed by atoms with E-state index in [1.807, 2.05) is 0 Å². The predicted octanol–water partition coefficient (Wildman–Crippen LogP) is -2.13.